The van der Waals surface area contributed by atoms with Gasteiger partial charge in [0.1, 0.15) is 0 Å². The first-order chi connectivity index (χ1) is 13.7. The summed E-state index contributed by atoms with van der Waals surface area (Å²) in [6.45, 7) is 11.0. The Bertz CT molecular complexity index is 806. The van der Waals surface area contributed by atoms with E-state index < -0.39 is 0 Å². The second-order valence-electron chi connectivity index (χ2n) is 8.45. The van der Waals surface area contributed by atoms with E-state index in [2.05, 4.69) is 71.9 Å². The number of allylic oxidation sites excluding steroid dienone is 1. The van der Waals surface area contributed by atoms with Gasteiger partial charge in [0.25, 0.3) is 0 Å². The predicted molar refractivity (Wildman–Crippen MR) is 120 cm³/mol. The molecule has 1 aliphatic carbocycles. The molecule has 0 aromatic heterocycles. The molecule has 1 aliphatic heterocycles. The van der Waals surface area contributed by atoms with E-state index in [1.807, 2.05) is 6.07 Å². The van der Waals surface area contributed by atoms with Gasteiger partial charge in [0.05, 0.1) is 0 Å². The zero-order valence-electron chi connectivity index (χ0n) is 16.9. The van der Waals surface area contributed by atoms with E-state index in [0.717, 1.165) is 36.2 Å². The Morgan fingerprint density at radius 3 is 2.36 bits per heavy atom. The molecule has 0 spiro atoms. The van der Waals surface area contributed by atoms with Gasteiger partial charge in [-0.15, -0.1) is 0 Å². The molecule has 1 saturated heterocycles. The number of piperidine rings is 1. The molecule has 2 aromatic carbocycles. The minimum Gasteiger partial charge on any atom is -0.371 e. The van der Waals surface area contributed by atoms with Crippen molar-refractivity contribution in [3.8, 4) is 0 Å². The van der Waals surface area contributed by atoms with Crippen molar-refractivity contribution in [1.82, 2.24) is 4.90 Å². The highest BCUT2D eigenvalue weighted by Crippen LogP contribution is 2.38. The second kappa shape index (κ2) is 8.68. The molecule has 0 amide bonds. The third kappa shape index (κ3) is 4.49. The molecule has 28 heavy (non-hydrogen) atoms. The van der Waals surface area contributed by atoms with Crippen LogP contribution in [0.4, 0.5) is 5.69 Å². The Hall–Kier alpha value is -2.48. The van der Waals surface area contributed by atoms with Gasteiger partial charge < -0.3 is 10.2 Å². The van der Waals surface area contributed by atoms with Crippen LogP contribution in [0.2, 0.25) is 0 Å². The van der Waals surface area contributed by atoms with Crippen LogP contribution in [0.3, 0.4) is 0 Å². The molecule has 2 unspecified atom stereocenters. The molecule has 1 N–H and O–H groups in total. The smallest absolute Gasteiger partial charge is 0.0382 e. The molecule has 2 aliphatic rings. The largest absolute Gasteiger partial charge is 0.371 e. The third-order valence-electron chi connectivity index (χ3n) is 6.47. The van der Waals surface area contributed by atoms with E-state index in [4.69, 9.17) is 0 Å². The zero-order chi connectivity index (χ0) is 19.3. The molecule has 0 bridgehead atoms. The molecular weight excluding hydrogens is 340 g/mol. The number of benzene rings is 2. The van der Waals surface area contributed by atoms with Crippen LogP contribution in [-0.4, -0.2) is 18.0 Å². The van der Waals surface area contributed by atoms with Crippen molar-refractivity contribution >= 4 is 11.4 Å². The number of nitrogens with one attached hydrogen (secondary N) is 1. The fourth-order valence-corrected chi connectivity index (χ4v) is 4.87. The Labute approximate surface area is 170 Å². The maximum absolute atomic E-state index is 4.42. The van der Waals surface area contributed by atoms with E-state index in [-0.39, 0.29) is 0 Å². The zero-order valence-corrected chi connectivity index (χ0v) is 16.9. The standard InChI is InChI=1S/C26H32N2/c1-20(18-22-8-4-3-5-9-22)27-26-14-12-23(13-15-26)21(2)28-17-16-24-10-6-7-11-25(24)19-28/h3-5,8-9,12-15,24-25,27H,1-2,6-7,10-11,16-19H2. The maximum Gasteiger partial charge on any atom is 0.0382 e. The maximum atomic E-state index is 4.42. The number of nitrogens with zero attached hydrogens (tertiary/aromatic N) is 1. The van der Waals surface area contributed by atoms with Crippen molar-refractivity contribution < 1.29 is 0 Å². The van der Waals surface area contributed by atoms with Crippen molar-refractivity contribution in [2.24, 2.45) is 11.8 Å². The van der Waals surface area contributed by atoms with Gasteiger partial charge in [-0.1, -0.05) is 74.9 Å². The van der Waals surface area contributed by atoms with E-state index >= 15 is 0 Å². The van der Waals surface area contributed by atoms with Gasteiger partial charge in [-0.2, -0.15) is 0 Å². The second-order valence-corrected chi connectivity index (χ2v) is 8.45. The average Bonchev–Trinajstić information content (AvgIpc) is 2.74. The third-order valence-corrected chi connectivity index (χ3v) is 6.47. The number of anilines is 1. The van der Waals surface area contributed by atoms with Gasteiger partial charge >= 0.3 is 0 Å². The summed E-state index contributed by atoms with van der Waals surface area (Å²) in [4.78, 5) is 2.52. The Morgan fingerprint density at radius 2 is 1.61 bits per heavy atom. The SMILES string of the molecule is C=C(Cc1ccccc1)Nc1ccc(C(=C)N2CCC3CCCCC3C2)cc1. The van der Waals surface area contributed by atoms with Crippen molar-refractivity contribution in [2.75, 3.05) is 18.4 Å². The van der Waals surface area contributed by atoms with Gasteiger partial charge in [0.15, 0.2) is 0 Å². The van der Waals surface area contributed by atoms with Crippen molar-refractivity contribution in [3.63, 3.8) is 0 Å². The summed E-state index contributed by atoms with van der Waals surface area (Å²) < 4.78 is 0. The topological polar surface area (TPSA) is 15.3 Å². The molecule has 146 valence electrons. The average molecular weight is 373 g/mol. The first-order valence-corrected chi connectivity index (χ1v) is 10.7. The number of likely N-dealkylation sites (tertiary alicyclic amines) is 1. The Balaban J connectivity index is 1.33. The lowest BCUT2D eigenvalue weighted by Crippen LogP contribution is -2.40. The summed E-state index contributed by atoms with van der Waals surface area (Å²) >= 11 is 0. The van der Waals surface area contributed by atoms with E-state index in [0.29, 0.717) is 0 Å². The van der Waals surface area contributed by atoms with Gasteiger partial charge in [0.2, 0.25) is 0 Å². The predicted octanol–water partition coefficient (Wildman–Crippen LogP) is 6.34. The lowest BCUT2D eigenvalue weighted by atomic mass is 9.75. The molecule has 2 heteroatoms. The number of hydrogen-bond acceptors (Lipinski definition) is 2. The number of hydrogen-bond donors (Lipinski definition) is 1. The van der Waals surface area contributed by atoms with Crippen LogP contribution in [0.15, 0.2) is 73.5 Å². The highest BCUT2D eigenvalue weighted by molar-refractivity contribution is 5.65. The molecule has 4 rings (SSSR count). The van der Waals surface area contributed by atoms with Gasteiger partial charge in [-0.05, 0) is 47.9 Å². The molecule has 2 nitrogen and oxygen atoms in total. The summed E-state index contributed by atoms with van der Waals surface area (Å²) in [5.41, 5.74) is 5.78. The highest BCUT2D eigenvalue weighted by Gasteiger charge is 2.31. The van der Waals surface area contributed by atoms with Crippen LogP contribution >= 0.6 is 0 Å². The summed E-state index contributed by atoms with van der Waals surface area (Å²) in [7, 11) is 0. The number of fused-ring (bicyclic) bond motifs is 1. The Kier molecular flexibility index (Phi) is 5.85. The first kappa shape index (κ1) is 18.9. The summed E-state index contributed by atoms with van der Waals surface area (Å²) in [5, 5.41) is 3.44. The highest BCUT2D eigenvalue weighted by atomic mass is 15.1. The number of rotatable bonds is 6. The molecule has 2 fully saturated rings. The fraction of sp³-hybridized carbons (Fsp3) is 0.385. The molecular formula is C26H32N2. The van der Waals surface area contributed by atoms with E-state index in [1.54, 1.807) is 0 Å². The van der Waals surface area contributed by atoms with E-state index in [1.165, 1.54) is 55.5 Å². The Morgan fingerprint density at radius 1 is 0.893 bits per heavy atom. The van der Waals surface area contributed by atoms with Crippen LogP contribution in [0.5, 0.6) is 0 Å². The summed E-state index contributed by atoms with van der Waals surface area (Å²) in [6, 6.07) is 19.1. The van der Waals surface area contributed by atoms with Crippen molar-refractivity contribution in [1.29, 1.82) is 0 Å². The van der Waals surface area contributed by atoms with Crippen LogP contribution < -0.4 is 5.32 Å². The summed E-state index contributed by atoms with van der Waals surface area (Å²) in [6.07, 6.45) is 7.87. The van der Waals surface area contributed by atoms with Crippen LogP contribution in [0, 0.1) is 11.8 Å². The van der Waals surface area contributed by atoms with Gasteiger partial charge in [0, 0.05) is 36.6 Å². The fourth-order valence-electron chi connectivity index (χ4n) is 4.87. The van der Waals surface area contributed by atoms with E-state index in [9.17, 15) is 0 Å². The lowest BCUT2D eigenvalue weighted by Gasteiger charge is -2.43. The minimum absolute atomic E-state index is 0.839. The monoisotopic (exact) mass is 372 g/mol. The molecule has 0 radical (unpaired) electrons. The van der Waals surface area contributed by atoms with Crippen molar-refractivity contribution in [3.05, 3.63) is 84.6 Å². The molecule has 1 heterocycles. The van der Waals surface area contributed by atoms with Crippen LogP contribution in [0.25, 0.3) is 5.70 Å². The van der Waals surface area contributed by atoms with Gasteiger partial charge in [-0.25, -0.2) is 0 Å². The quantitative estimate of drug-likeness (QED) is 0.636. The van der Waals surface area contributed by atoms with Crippen LogP contribution in [0.1, 0.15) is 43.2 Å². The molecule has 1 saturated carbocycles. The van der Waals surface area contributed by atoms with Crippen molar-refractivity contribution in [2.45, 2.75) is 38.5 Å². The summed E-state index contributed by atoms with van der Waals surface area (Å²) in [5.74, 6) is 1.83. The normalized spacial score (nSPS) is 21.6. The van der Waals surface area contributed by atoms with Crippen LogP contribution in [-0.2, 0) is 6.42 Å². The van der Waals surface area contributed by atoms with Gasteiger partial charge in [-0.3, -0.25) is 0 Å². The lowest BCUT2D eigenvalue weighted by molar-refractivity contribution is 0.124. The first-order valence-electron chi connectivity index (χ1n) is 10.7. The minimum atomic E-state index is 0.839. The molecule has 2 aromatic rings. The molecule has 2 atom stereocenters.